The minimum Gasteiger partial charge on any atom is -0.370 e. The number of aromatic nitrogens is 2. The number of nitrogens with one attached hydrogen (secondary N) is 3. The van der Waals surface area contributed by atoms with Crippen molar-refractivity contribution in [2.45, 2.75) is 19.9 Å². The summed E-state index contributed by atoms with van der Waals surface area (Å²) in [4.78, 5) is 0. The van der Waals surface area contributed by atoms with E-state index in [2.05, 4.69) is 45.6 Å². The number of rotatable bonds is 7. The molecular weight excluding hydrogens is 214 g/mol. The van der Waals surface area contributed by atoms with Gasteiger partial charge >= 0.3 is 0 Å². The van der Waals surface area contributed by atoms with E-state index < -0.39 is 0 Å². The highest BCUT2D eigenvalue weighted by atomic mass is 15.4. The molecule has 3 N–H and O–H groups in total. The van der Waals surface area contributed by atoms with Gasteiger partial charge in [-0.25, -0.2) is 4.68 Å². The Labute approximate surface area is 103 Å². The first-order valence-corrected chi connectivity index (χ1v) is 6.50. The lowest BCUT2D eigenvalue weighted by Gasteiger charge is -2.29. The molecule has 5 heteroatoms. The molecule has 2 rings (SSSR count). The van der Waals surface area contributed by atoms with Crippen molar-refractivity contribution in [2.75, 3.05) is 38.0 Å². The van der Waals surface area contributed by atoms with Crippen LogP contribution in [0.2, 0.25) is 0 Å². The van der Waals surface area contributed by atoms with Gasteiger partial charge in [-0.3, -0.25) is 0 Å². The minimum absolute atomic E-state index is 0.525. The Hall–Kier alpha value is -1.07. The second-order valence-corrected chi connectivity index (χ2v) is 4.77. The van der Waals surface area contributed by atoms with Gasteiger partial charge in [-0.05, 0) is 19.0 Å². The molecule has 1 unspecified atom stereocenters. The zero-order valence-corrected chi connectivity index (χ0v) is 10.7. The molecule has 1 aliphatic heterocycles. The van der Waals surface area contributed by atoms with Crippen LogP contribution in [0.1, 0.15) is 19.9 Å². The minimum atomic E-state index is 0.525. The van der Waals surface area contributed by atoms with Crippen molar-refractivity contribution in [3.8, 4) is 0 Å². The molecule has 0 amide bonds. The second-order valence-electron chi connectivity index (χ2n) is 4.77. The maximum Gasteiger partial charge on any atom is 0.124 e. The first-order valence-electron chi connectivity index (χ1n) is 6.50. The first-order chi connectivity index (χ1) is 8.31. The molecule has 1 aliphatic rings. The van der Waals surface area contributed by atoms with Gasteiger partial charge < -0.3 is 16.0 Å². The molecule has 0 spiro atoms. The fourth-order valence-corrected chi connectivity index (χ4v) is 1.93. The third-order valence-electron chi connectivity index (χ3n) is 3.15. The summed E-state index contributed by atoms with van der Waals surface area (Å²) in [7, 11) is 0. The van der Waals surface area contributed by atoms with Gasteiger partial charge in [-0.15, -0.1) is 0 Å². The highest BCUT2D eigenvalue weighted by Crippen LogP contribution is 2.17. The molecule has 0 bridgehead atoms. The van der Waals surface area contributed by atoms with Crippen molar-refractivity contribution in [1.82, 2.24) is 20.4 Å². The summed E-state index contributed by atoms with van der Waals surface area (Å²) in [6.07, 6.45) is 1.87. The Morgan fingerprint density at radius 2 is 2.35 bits per heavy atom. The number of hydrogen-bond acceptors (Lipinski definition) is 4. The summed E-state index contributed by atoms with van der Waals surface area (Å²) in [5, 5.41) is 14.5. The summed E-state index contributed by atoms with van der Waals surface area (Å²) in [6.45, 7) is 9.53. The topological polar surface area (TPSA) is 53.9 Å². The standard InChI is InChI=1S/C12H23N5/c1-3-13-6-10(2)7-15-12-4-5-16-17(12)11-8-14-9-11/h4-5,10-11,13-15H,3,6-9H2,1-2H3. The van der Waals surface area contributed by atoms with Crippen molar-refractivity contribution >= 4 is 5.82 Å². The Bertz CT molecular complexity index is 331. The van der Waals surface area contributed by atoms with E-state index in [1.165, 1.54) is 0 Å². The van der Waals surface area contributed by atoms with Crippen LogP contribution in [0.25, 0.3) is 0 Å². The van der Waals surface area contributed by atoms with Gasteiger partial charge in [0.1, 0.15) is 5.82 Å². The van der Waals surface area contributed by atoms with E-state index >= 15 is 0 Å². The summed E-state index contributed by atoms with van der Waals surface area (Å²) in [5.41, 5.74) is 0. The Kier molecular flexibility index (Phi) is 4.39. The first kappa shape index (κ1) is 12.4. The molecule has 0 saturated carbocycles. The molecule has 17 heavy (non-hydrogen) atoms. The summed E-state index contributed by atoms with van der Waals surface area (Å²) < 4.78 is 2.09. The van der Waals surface area contributed by atoms with Crippen LogP contribution in [0.5, 0.6) is 0 Å². The van der Waals surface area contributed by atoms with Gasteiger partial charge in [0.25, 0.3) is 0 Å². The molecule has 1 fully saturated rings. The van der Waals surface area contributed by atoms with Crippen LogP contribution in [0.3, 0.4) is 0 Å². The molecule has 96 valence electrons. The number of hydrogen-bond donors (Lipinski definition) is 3. The van der Waals surface area contributed by atoms with Crippen LogP contribution in [0.4, 0.5) is 5.82 Å². The number of nitrogens with zero attached hydrogens (tertiary/aromatic N) is 2. The zero-order valence-electron chi connectivity index (χ0n) is 10.7. The van der Waals surface area contributed by atoms with E-state index in [1.54, 1.807) is 0 Å². The smallest absolute Gasteiger partial charge is 0.124 e. The Morgan fingerprint density at radius 1 is 1.53 bits per heavy atom. The summed E-state index contributed by atoms with van der Waals surface area (Å²) >= 11 is 0. The SMILES string of the molecule is CCNCC(C)CNc1ccnn1C1CNC1. The third-order valence-corrected chi connectivity index (χ3v) is 3.15. The van der Waals surface area contributed by atoms with Gasteiger partial charge in [0, 0.05) is 25.7 Å². The molecule has 2 heterocycles. The maximum atomic E-state index is 4.38. The monoisotopic (exact) mass is 237 g/mol. The lowest BCUT2D eigenvalue weighted by atomic mass is 10.1. The van der Waals surface area contributed by atoms with E-state index in [0.717, 1.165) is 38.5 Å². The van der Waals surface area contributed by atoms with E-state index in [1.807, 2.05) is 6.20 Å². The maximum absolute atomic E-state index is 4.38. The molecule has 5 nitrogen and oxygen atoms in total. The average Bonchev–Trinajstić information content (AvgIpc) is 2.69. The predicted molar refractivity (Wildman–Crippen MR) is 70.3 cm³/mol. The second kappa shape index (κ2) is 6.02. The van der Waals surface area contributed by atoms with Gasteiger partial charge in [0.05, 0.1) is 12.2 Å². The highest BCUT2D eigenvalue weighted by Gasteiger charge is 2.21. The molecule has 0 aromatic carbocycles. The Morgan fingerprint density at radius 3 is 3.00 bits per heavy atom. The molecular formula is C12H23N5. The van der Waals surface area contributed by atoms with Gasteiger partial charge in [0.15, 0.2) is 0 Å². The lowest BCUT2D eigenvalue weighted by molar-refractivity contribution is 0.321. The van der Waals surface area contributed by atoms with Crippen molar-refractivity contribution < 1.29 is 0 Å². The largest absolute Gasteiger partial charge is 0.370 e. The van der Waals surface area contributed by atoms with Crippen LogP contribution in [0, 0.1) is 5.92 Å². The van der Waals surface area contributed by atoms with Crippen LogP contribution >= 0.6 is 0 Å². The third kappa shape index (κ3) is 3.20. The molecule has 1 atom stereocenters. The molecule has 0 radical (unpaired) electrons. The molecule has 1 aromatic heterocycles. The van der Waals surface area contributed by atoms with Crippen LogP contribution in [-0.4, -0.2) is 42.5 Å². The molecule has 0 aliphatic carbocycles. The normalized spacial score (nSPS) is 17.8. The van der Waals surface area contributed by atoms with E-state index in [-0.39, 0.29) is 0 Å². The van der Waals surface area contributed by atoms with Crippen molar-refractivity contribution in [3.05, 3.63) is 12.3 Å². The fraction of sp³-hybridized carbons (Fsp3) is 0.750. The van der Waals surface area contributed by atoms with Crippen LogP contribution in [0.15, 0.2) is 12.3 Å². The van der Waals surface area contributed by atoms with E-state index in [0.29, 0.717) is 12.0 Å². The average molecular weight is 237 g/mol. The van der Waals surface area contributed by atoms with Crippen molar-refractivity contribution in [2.24, 2.45) is 5.92 Å². The van der Waals surface area contributed by atoms with E-state index in [4.69, 9.17) is 0 Å². The summed E-state index contributed by atoms with van der Waals surface area (Å²) in [6, 6.07) is 2.58. The molecule has 1 saturated heterocycles. The van der Waals surface area contributed by atoms with Crippen molar-refractivity contribution in [3.63, 3.8) is 0 Å². The Balaban J connectivity index is 1.80. The quantitative estimate of drug-likeness (QED) is 0.653. The van der Waals surface area contributed by atoms with Crippen LogP contribution < -0.4 is 16.0 Å². The summed E-state index contributed by atoms with van der Waals surface area (Å²) in [5.74, 6) is 1.76. The predicted octanol–water partition coefficient (Wildman–Crippen LogP) is 0.685. The number of anilines is 1. The fourth-order valence-electron chi connectivity index (χ4n) is 1.93. The van der Waals surface area contributed by atoms with Gasteiger partial charge in [0.2, 0.25) is 0 Å². The molecule has 1 aromatic rings. The highest BCUT2D eigenvalue weighted by molar-refractivity contribution is 5.34. The van der Waals surface area contributed by atoms with Gasteiger partial charge in [-0.2, -0.15) is 5.10 Å². The van der Waals surface area contributed by atoms with Crippen molar-refractivity contribution in [1.29, 1.82) is 0 Å². The van der Waals surface area contributed by atoms with Gasteiger partial charge in [-0.1, -0.05) is 13.8 Å². The zero-order chi connectivity index (χ0) is 12.1. The van der Waals surface area contributed by atoms with Crippen LogP contribution in [-0.2, 0) is 0 Å². The lowest BCUT2D eigenvalue weighted by Crippen LogP contribution is -2.44. The van der Waals surface area contributed by atoms with E-state index in [9.17, 15) is 0 Å².